The lowest BCUT2D eigenvalue weighted by atomic mass is 9.87. The van der Waals surface area contributed by atoms with Gasteiger partial charge in [0.25, 0.3) is 0 Å². The Morgan fingerprint density at radius 2 is 1.88 bits per heavy atom. The molecule has 0 spiro atoms. The Kier molecular flexibility index (Phi) is 5.96. The lowest BCUT2D eigenvalue weighted by Crippen LogP contribution is -2.45. The minimum absolute atomic E-state index is 0.118. The molecular formula is C25H29ClN4O2. The number of nitrogens with one attached hydrogen (secondary N) is 1. The van der Waals surface area contributed by atoms with E-state index in [-0.39, 0.29) is 5.92 Å². The van der Waals surface area contributed by atoms with Gasteiger partial charge in [0.05, 0.1) is 12.1 Å². The van der Waals surface area contributed by atoms with Gasteiger partial charge in [-0.25, -0.2) is 4.98 Å². The summed E-state index contributed by atoms with van der Waals surface area (Å²) >= 11 is 5.95. The maximum absolute atomic E-state index is 13.2. The number of pyridine rings is 1. The largest absolute Gasteiger partial charge is 0.497 e. The van der Waals surface area contributed by atoms with E-state index in [4.69, 9.17) is 16.3 Å². The van der Waals surface area contributed by atoms with Crippen molar-refractivity contribution in [1.29, 1.82) is 0 Å². The molecule has 7 heteroatoms. The minimum atomic E-state index is 0.118. The normalized spacial score (nSPS) is 18.3. The monoisotopic (exact) mass is 452 g/mol. The molecule has 2 fully saturated rings. The van der Waals surface area contributed by atoms with Crippen LogP contribution in [0.2, 0.25) is 5.02 Å². The summed E-state index contributed by atoms with van der Waals surface area (Å²) in [6.45, 7) is 3.38. The molecular weight excluding hydrogens is 424 g/mol. The molecule has 4 heterocycles. The summed E-state index contributed by atoms with van der Waals surface area (Å²) in [5.41, 5.74) is 2.48. The molecule has 5 rings (SSSR count). The molecule has 1 aromatic carbocycles. The first-order valence-electron chi connectivity index (χ1n) is 11.4. The van der Waals surface area contributed by atoms with Crippen molar-refractivity contribution in [2.75, 3.05) is 38.2 Å². The van der Waals surface area contributed by atoms with Crippen LogP contribution in [0.25, 0.3) is 10.9 Å². The van der Waals surface area contributed by atoms with Gasteiger partial charge in [-0.2, -0.15) is 0 Å². The van der Waals surface area contributed by atoms with Crippen LogP contribution in [-0.4, -0.2) is 54.1 Å². The Bertz CT molecular complexity index is 1080. The van der Waals surface area contributed by atoms with Crippen LogP contribution in [0, 0.1) is 5.92 Å². The molecule has 0 bridgehead atoms. The summed E-state index contributed by atoms with van der Waals surface area (Å²) in [7, 11) is 1.70. The van der Waals surface area contributed by atoms with Crippen LogP contribution in [0.5, 0.6) is 5.75 Å². The van der Waals surface area contributed by atoms with Crippen LogP contribution >= 0.6 is 11.6 Å². The van der Waals surface area contributed by atoms with Crippen LogP contribution in [0.3, 0.4) is 0 Å². The van der Waals surface area contributed by atoms with Crippen molar-refractivity contribution < 1.29 is 9.53 Å². The number of ether oxygens (including phenoxy) is 1. The average Bonchev–Trinajstić information content (AvgIpc) is 3.27. The van der Waals surface area contributed by atoms with Gasteiger partial charge in [0.1, 0.15) is 11.6 Å². The lowest BCUT2D eigenvalue weighted by Gasteiger charge is -2.37. The standard InChI is InChI=1S/C25H29ClN4O2/c1-32-20-3-4-23-21(14-20)22(16-27-23)17-6-12-30(13-7-17)25(31)18-8-10-29(11-9-18)24-5-2-19(26)15-28-24/h2-5,14-18,27H,6-13H2,1H3. The molecule has 0 unspecified atom stereocenters. The second-order valence-electron chi connectivity index (χ2n) is 8.85. The van der Waals surface area contributed by atoms with Crippen LogP contribution in [-0.2, 0) is 4.79 Å². The second-order valence-corrected chi connectivity index (χ2v) is 9.29. The molecule has 32 heavy (non-hydrogen) atoms. The van der Waals surface area contributed by atoms with E-state index in [9.17, 15) is 4.79 Å². The highest BCUT2D eigenvalue weighted by Crippen LogP contribution is 2.35. The van der Waals surface area contributed by atoms with Crippen LogP contribution in [0.15, 0.2) is 42.7 Å². The fraction of sp³-hybridized carbons (Fsp3) is 0.440. The van der Waals surface area contributed by atoms with Gasteiger partial charge < -0.3 is 19.5 Å². The number of carbonyl (C=O) groups excluding carboxylic acids is 1. The maximum Gasteiger partial charge on any atom is 0.225 e. The van der Waals surface area contributed by atoms with Gasteiger partial charge in [-0.3, -0.25) is 4.79 Å². The molecule has 2 saturated heterocycles. The Morgan fingerprint density at radius 1 is 1.09 bits per heavy atom. The molecule has 0 saturated carbocycles. The Morgan fingerprint density at radius 3 is 2.56 bits per heavy atom. The van der Waals surface area contributed by atoms with Gasteiger partial charge in [0.15, 0.2) is 0 Å². The Balaban J connectivity index is 1.17. The number of benzene rings is 1. The van der Waals surface area contributed by atoms with E-state index >= 15 is 0 Å². The SMILES string of the molecule is COc1ccc2[nH]cc(C3CCN(C(=O)C4CCN(c5ccc(Cl)cn5)CC4)CC3)c2c1. The van der Waals surface area contributed by atoms with E-state index in [1.807, 2.05) is 18.2 Å². The smallest absolute Gasteiger partial charge is 0.225 e. The number of rotatable bonds is 4. The molecule has 2 aliphatic heterocycles. The number of H-pyrrole nitrogens is 1. The van der Waals surface area contributed by atoms with E-state index in [0.717, 1.165) is 68.9 Å². The molecule has 0 atom stereocenters. The van der Waals surface area contributed by atoms with Crippen molar-refractivity contribution in [3.8, 4) is 5.75 Å². The molecule has 1 amide bonds. The number of aromatic amines is 1. The predicted molar refractivity (Wildman–Crippen MR) is 128 cm³/mol. The van der Waals surface area contributed by atoms with Gasteiger partial charge in [0, 0.05) is 55.4 Å². The summed E-state index contributed by atoms with van der Waals surface area (Å²) in [6, 6.07) is 9.99. The lowest BCUT2D eigenvalue weighted by molar-refractivity contribution is -0.137. The van der Waals surface area contributed by atoms with Crippen molar-refractivity contribution >= 4 is 34.2 Å². The van der Waals surface area contributed by atoms with Crippen molar-refractivity contribution in [2.24, 2.45) is 5.92 Å². The zero-order valence-electron chi connectivity index (χ0n) is 18.4. The van der Waals surface area contributed by atoms with Gasteiger partial charge >= 0.3 is 0 Å². The number of hydrogen-bond acceptors (Lipinski definition) is 4. The highest BCUT2D eigenvalue weighted by Gasteiger charge is 2.32. The number of aromatic nitrogens is 2. The van der Waals surface area contributed by atoms with E-state index < -0.39 is 0 Å². The maximum atomic E-state index is 13.2. The molecule has 2 aliphatic rings. The highest BCUT2D eigenvalue weighted by molar-refractivity contribution is 6.30. The topological polar surface area (TPSA) is 61.5 Å². The quantitative estimate of drug-likeness (QED) is 0.614. The third kappa shape index (κ3) is 4.16. The zero-order valence-corrected chi connectivity index (χ0v) is 19.1. The number of hydrogen-bond donors (Lipinski definition) is 1. The Labute approximate surface area is 193 Å². The molecule has 6 nitrogen and oxygen atoms in total. The molecule has 168 valence electrons. The van der Waals surface area contributed by atoms with E-state index in [1.54, 1.807) is 13.3 Å². The number of halogens is 1. The van der Waals surface area contributed by atoms with Gasteiger partial charge in [-0.05, 0) is 67.5 Å². The first kappa shape index (κ1) is 21.1. The van der Waals surface area contributed by atoms with Crippen LogP contribution < -0.4 is 9.64 Å². The number of carbonyl (C=O) groups is 1. The number of piperidine rings is 2. The first-order chi connectivity index (χ1) is 15.6. The molecule has 2 aromatic heterocycles. The number of nitrogens with zero attached hydrogens (tertiary/aromatic N) is 3. The summed E-state index contributed by atoms with van der Waals surface area (Å²) in [6.07, 6.45) is 7.58. The number of fused-ring (bicyclic) bond motifs is 1. The first-order valence-corrected chi connectivity index (χ1v) is 11.8. The van der Waals surface area contributed by atoms with Gasteiger partial charge in [-0.1, -0.05) is 11.6 Å². The third-order valence-electron chi connectivity index (χ3n) is 7.05. The fourth-order valence-corrected chi connectivity index (χ4v) is 5.28. The Hall–Kier alpha value is -2.73. The molecule has 1 N–H and O–H groups in total. The molecule has 0 aliphatic carbocycles. The predicted octanol–water partition coefficient (Wildman–Crippen LogP) is 4.85. The summed E-state index contributed by atoms with van der Waals surface area (Å²) in [5.74, 6) is 2.74. The van der Waals surface area contributed by atoms with E-state index in [1.165, 1.54) is 10.9 Å². The van der Waals surface area contributed by atoms with Crippen molar-refractivity contribution in [2.45, 2.75) is 31.6 Å². The number of likely N-dealkylation sites (tertiary alicyclic amines) is 1. The number of anilines is 1. The number of amides is 1. The van der Waals surface area contributed by atoms with Crippen LogP contribution in [0.4, 0.5) is 5.82 Å². The highest BCUT2D eigenvalue weighted by atomic mass is 35.5. The van der Waals surface area contributed by atoms with Crippen molar-refractivity contribution in [1.82, 2.24) is 14.9 Å². The second kappa shape index (κ2) is 9.02. The third-order valence-corrected chi connectivity index (χ3v) is 7.27. The van der Waals surface area contributed by atoms with Gasteiger partial charge in [0.2, 0.25) is 5.91 Å². The zero-order chi connectivity index (χ0) is 22.1. The summed E-state index contributed by atoms with van der Waals surface area (Å²) in [5, 5.41) is 1.88. The van der Waals surface area contributed by atoms with Crippen LogP contribution in [0.1, 0.15) is 37.2 Å². The van der Waals surface area contributed by atoms with Crippen molar-refractivity contribution in [3.05, 3.63) is 53.3 Å². The van der Waals surface area contributed by atoms with Crippen molar-refractivity contribution in [3.63, 3.8) is 0 Å². The number of methoxy groups -OCH3 is 1. The minimum Gasteiger partial charge on any atom is -0.497 e. The molecule has 3 aromatic rings. The molecule has 0 radical (unpaired) electrons. The summed E-state index contributed by atoms with van der Waals surface area (Å²) in [4.78, 5) is 25.3. The summed E-state index contributed by atoms with van der Waals surface area (Å²) < 4.78 is 5.41. The van der Waals surface area contributed by atoms with Gasteiger partial charge in [-0.15, -0.1) is 0 Å². The van der Waals surface area contributed by atoms with E-state index in [0.29, 0.717) is 16.8 Å². The van der Waals surface area contributed by atoms with E-state index in [2.05, 4.69) is 38.1 Å². The average molecular weight is 453 g/mol. The fourth-order valence-electron chi connectivity index (χ4n) is 5.17.